The van der Waals surface area contributed by atoms with Crippen LogP contribution < -0.4 is 5.32 Å². The number of likely N-dealkylation sites (N-methyl/N-ethyl adjacent to an activating group) is 1. The van der Waals surface area contributed by atoms with Crippen molar-refractivity contribution in [2.75, 3.05) is 6.54 Å². The summed E-state index contributed by atoms with van der Waals surface area (Å²) in [4.78, 5) is 0. The zero-order valence-corrected chi connectivity index (χ0v) is 13.5. The lowest BCUT2D eigenvalue weighted by molar-refractivity contribution is 0.548. The monoisotopic (exact) mass is 281 g/mol. The van der Waals surface area contributed by atoms with Crippen molar-refractivity contribution in [3.05, 3.63) is 71.3 Å². The van der Waals surface area contributed by atoms with Crippen LogP contribution in [-0.4, -0.2) is 6.54 Å². The highest BCUT2D eigenvalue weighted by Gasteiger charge is 2.11. The number of benzene rings is 2. The number of nitrogens with one attached hydrogen (secondary N) is 1. The van der Waals surface area contributed by atoms with E-state index in [-0.39, 0.29) is 0 Å². The van der Waals surface area contributed by atoms with Crippen molar-refractivity contribution in [3.8, 4) is 0 Å². The van der Waals surface area contributed by atoms with Crippen LogP contribution in [0.4, 0.5) is 0 Å². The Hall–Kier alpha value is -1.60. The zero-order chi connectivity index (χ0) is 15.1. The maximum absolute atomic E-state index is 3.63. The maximum Gasteiger partial charge on any atom is 0.0360 e. The highest BCUT2D eigenvalue weighted by atomic mass is 14.9. The SMILES string of the molecule is CCNC(Cc1ccccc1)c1cccc(CC(C)C)c1. The molecule has 112 valence electrons. The Bertz CT molecular complexity index is 531. The fraction of sp³-hybridized carbons (Fsp3) is 0.400. The highest BCUT2D eigenvalue weighted by Crippen LogP contribution is 2.21. The Balaban J connectivity index is 2.17. The van der Waals surface area contributed by atoms with Crippen molar-refractivity contribution in [3.63, 3.8) is 0 Å². The lowest BCUT2D eigenvalue weighted by atomic mass is 9.95. The van der Waals surface area contributed by atoms with Crippen LogP contribution in [0.3, 0.4) is 0 Å². The quantitative estimate of drug-likeness (QED) is 0.770. The molecule has 0 spiro atoms. The van der Waals surface area contributed by atoms with Crippen molar-refractivity contribution >= 4 is 0 Å². The van der Waals surface area contributed by atoms with Gasteiger partial charge in [-0.05, 0) is 42.0 Å². The van der Waals surface area contributed by atoms with Crippen LogP contribution in [0.25, 0.3) is 0 Å². The van der Waals surface area contributed by atoms with Gasteiger partial charge in [-0.25, -0.2) is 0 Å². The van der Waals surface area contributed by atoms with Gasteiger partial charge in [-0.2, -0.15) is 0 Å². The molecule has 1 nitrogen and oxygen atoms in total. The summed E-state index contributed by atoms with van der Waals surface area (Å²) in [5.74, 6) is 0.701. The van der Waals surface area contributed by atoms with Crippen molar-refractivity contribution in [2.45, 2.75) is 39.7 Å². The molecule has 2 aromatic carbocycles. The molecular weight excluding hydrogens is 254 g/mol. The minimum absolute atomic E-state index is 0.393. The average Bonchev–Trinajstić information content (AvgIpc) is 2.47. The topological polar surface area (TPSA) is 12.0 Å². The summed E-state index contributed by atoms with van der Waals surface area (Å²) in [5, 5.41) is 3.63. The maximum atomic E-state index is 3.63. The van der Waals surface area contributed by atoms with Gasteiger partial charge >= 0.3 is 0 Å². The third-order valence-corrected chi connectivity index (χ3v) is 3.73. The Labute approximate surface area is 129 Å². The Kier molecular flexibility index (Phi) is 6.01. The van der Waals surface area contributed by atoms with Gasteiger partial charge < -0.3 is 5.32 Å². The largest absolute Gasteiger partial charge is 0.310 e. The molecule has 21 heavy (non-hydrogen) atoms. The van der Waals surface area contributed by atoms with Crippen LogP contribution in [0, 0.1) is 5.92 Å². The number of rotatable bonds is 7. The standard InChI is InChI=1S/C20H27N/c1-4-21-20(15-17-9-6-5-7-10-17)19-12-8-11-18(14-19)13-16(2)3/h5-12,14,16,20-21H,4,13,15H2,1-3H3. The first kappa shape index (κ1) is 15.8. The molecule has 1 heteroatoms. The van der Waals surface area contributed by atoms with Crippen LogP contribution in [0.2, 0.25) is 0 Å². The Morgan fingerprint density at radius 1 is 0.857 bits per heavy atom. The second kappa shape index (κ2) is 7.99. The third-order valence-electron chi connectivity index (χ3n) is 3.73. The summed E-state index contributed by atoms with van der Waals surface area (Å²) in [6.45, 7) is 7.72. The predicted molar refractivity (Wildman–Crippen MR) is 91.5 cm³/mol. The molecule has 0 aliphatic rings. The molecule has 0 saturated heterocycles. The molecule has 0 amide bonds. The van der Waals surface area contributed by atoms with E-state index in [0.717, 1.165) is 19.4 Å². The van der Waals surface area contributed by atoms with E-state index in [4.69, 9.17) is 0 Å². The molecule has 0 aromatic heterocycles. The van der Waals surface area contributed by atoms with Crippen molar-refractivity contribution < 1.29 is 0 Å². The molecular formula is C20H27N. The van der Waals surface area contributed by atoms with E-state index in [2.05, 4.69) is 80.7 Å². The summed E-state index contributed by atoms with van der Waals surface area (Å²) in [7, 11) is 0. The first-order chi connectivity index (χ1) is 10.2. The van der Waals surface area contributed by atoms with Crippen LogP contribution >= 0.6 is 0 Å². The van der Waals surface area contributed by atoms with Gasteiger partial charge in [0.05, 0.1) is 0 Å². The normalized spacial score (nSPS) is 12.6. The van der Waals surface area contributed by atoms with Crippen molar-refractivity contribution in [1.29, 1.82) is 0 Å². The lowest BCUT2D eigenvalue weighted by Gasteiger charge is -2.20. The van der Waals surface area contributed by atoms with Gasteiger partial charge in [-0.15, -0.1) is 0 Å². The second-order valence-corrected chi connectivity index (χ2v) is 6.14. The van der Waals surface area contributed by atoms with Crippen LogP contribution in [0.15, 0.2) is 54.6 Å². The number of hydrogen-bond acceptors (Lipinski definition) is 1. The molecule has 0 fully saturated rings. The van der Waals surface area contributed by atoms with Gasteiger partial charge in [0, 0.05) is 6.04 Å². The van der Waals surface area contributed by atoms with E-state index in [1.807, 2.05) is 0 Å². The molecule has 0 bridgehead atoms. The summed E-state index contributed by atoms with van der Waals surface area (Å²) < 4.78 is 0. The molecule has 2 rings (SSSR count). The smallest absolute Gasteiger partial charge is 0.0360 e. The van der Waals surface area contributed by atoms with E-state index in [1.165, 1.54) is 16.7 Å². The Morgan fingerprint density at radius 3 is 2.24 bits per heavy atom. The van der Waals surface area contributed by atoms with Gasteiger partial charge in [0.2, 0.25) is 0 Å². The molecule has 1 unspecified atom stereocenters. The van der Waals surface area contributed by atoms with E-state index >= 15 is 0 Å². The van der Waals surface area contributed by atoms with E-state index < -0.39 is 0 Å². The third kappa shape index (κ3) is 5.02. The van der Waals surface area contributed by atoms with Gasteiger partial charge in [0.15, 0.2) is 0 Å². The zero-order valence-electron chi connectivity index (χ0n) is 13.5. The molecule has 0 radical (unpaired) electrons. The number of hydrogen-bond donors (Lipinski definition) is 1. The summed E-state index contributed by atoms with van der Waals surface area (Å²) in [5.41, 5.74) is 4.23. The molecule has 0 heterocycles. The first-order valence-corrected chi connectivity index (χ1v) is 8.05. The fourth-order valence-corrected chi connectivity index (χ4v) is 2.81. The fourth-order valence-electron chi connectivity index (χ4n) is 2.81. The minimum Gasteiger partial charge on any atom is -0.310 e. The average molecular weight is 281 g/mol. The summed E-state index contributed by atoms with van der Waals surface area (Å²) >= 11 is 0. The van der Waals surface area contributed by atoms with Crippen LogP contribution in [0.5, 0.6) is 0 Å². The summed E-state index contributed by atoms with van der Waals surface area (Å²) in [6.07, 6.45) is 2.19. The van der Waals surface area contributed by atoms with Crippen LogP contribution in [0.1, 0.15) is 43.5 Å². The van der Waals surface area contributed by atoms with E-state index in [9.17, 15) is 0 Å². The molecule has 0 saturated carbocycles. The summed E-state index contributed by atoms with van der Waals surface area (Å²) in [6, 6.07) is 20.2. The molecule has 0 aliphatic heterocycles. The second-order valence-electron chi connectivity index (χ2n) is 6.14. The van der Waals surface area contributed by atoms with E-state index in [1.54, 1.807) is 0 Å². The molecule has 1 atom stereocenters. The van der Waals surface area contributed by atoms with Gasteiger partial charge in [0.1, 0.15) is 0 Å². The van der Waals surface area contributed by atoms with E-state index in [0.29, 0.717) is 12.0 Å². The molecule has 1 N–H and O–H groups in total. The van der Waals surface area contributed by atoms with Crippen molar-refractivity contribution in [2.24, 2.45) is 5.92 Å². The van der Waals surface area contributed by atoms with Gasteiger partial charge in [-0.1, -0.05) is 75.4 Å². The van der Waals surface area contributed by atoms with Crippen molar-refractivity contribution in [1.82, 2.24) is 5.32 Å². The minimum atomic E-state index is 0.393. The molecule has 2 aromatic rings. The first-order valence-electron chi connectivity index (χ1n) is 8.05. The van der Waals surface area contributed by atoms with Crippen LogP contribution in [-0.2, 0) is 12.8 Å². The highest BCUT2D eigenvalue weighted by molar-refractivity contribution is 5.28. The van der Waals surface area contributed by atoms with Gasteiger partial charge in [0.25, 0.3) is 0 Å². The van der Waals surface area contributed by atoms with Gasteiger partial charge in [-0.3, -0.25) is 0 Å². The molecule has 0 aliphatic carbocycles. The lowest BCUT2D eigenvalue weighted by Crippen LogP contribution is -2.23. The Morgan fingerprint density at radius 2 is 1.57 bits per heavy atom. The predicted octanol–water partition coefficient (Wildman–Crippen LogP) is 4.78.